The molecule has 0 spiro atoms. The van der Waals surface area contributed by atoms with Gasteiger partial charge in [0.2, 0.25) is 0 Å². The Morgan fingerprint density at radius 2 is 2.21 bits per heavy atom. The Morgan fingerprint density at radius 3 is 3.05 bits per heavy atom. The Hall–Kier alpha value is -2.07. The van der Waals surface area contributed by atoms with E-state index < -0.39 is 5.82 Å². The van der Waals surface area contributed by atoms with Gasteiger partial charge in [-0.2, -0.15) is 0 Å². The number of anilines is 1. The van der Waals surface area contributed by atoms with Crippen molar-refractivity contribution in [1.29, 1.82) is 0 Å². The molecule has 2 heterocycles. The van der Waals surface area contributed by atoms with E-state index in [-0.39, 0.29) is 5.02 Å². The maximum Gasteiger partial charge on any atom is 0.141 e. The fraction of sp³-hybridized carbons (Fsp3) is 0.0714. The summed E-state index contributed by atoms with van der Waals surface area (Å²) in [4.78, 5) is 7.34. The van der Waals surface area contributed by atoms with Crippen LogP contribution in [-0.2, 0) is 6.54 Å². The Bertz CT molecular complexity index is 724. The van der Waals surface area contributed by atoms with E-state index in [9.17, 15) is 4.39 Å². The second-order valence-electron chi connectivity index (χ2n) is 4.20. The first kappa shape index (κ1) is 12.0. The Balaban J connectivity index is 1.80. The zero-order valence-corrected chi connectivity index (χ0v) is 10.7. The van der Waals surface area contributed by atoms with E-state index in [1.165, 1.54) is 6.07 Å². The zero-order chi connectivity index (χ0) is 13.2. The van der Waals surface area contributed by atoms with Crippen LogP contribution in [0.2, 0.25) is 5.02 Å². The van der Waals surface area contributed by atoms with Crippen LogP contribution in [0.3, 0.4) is 0 Å². The van der Waals surface area contributed by atoms with Crippen LogP contribution in [0.15, 0.2) is 42.7 Å². The normalized spacial score (nSPS) is 10.8. The van der Waals surface area contributed by atoms with E-state index in [1.54, 1.807) is 18.3 Å². The molecule has 0 aliphatic heterocycles. The Morgan fingerprint density at radius 1 is 1.32 bits per heavy atom. The van der Waals surface area contributed by atoms with Crippen LogP contribution in [0.1, 0.15) is 5.56 Å². The molecule has 3 rings (SSSR count). The number of H-pyrrole nitrogens is 1. The highest BCUT2D eigenvalue weighted by Crippen LogP contribution is 2.21. The van der Waals surface area contributed by atoms with Gasteiger partial charge in [-0.25, -0.2) is 9.37 Å². The fourth-order valence-corrected chi connectivity index (χ4v) is 2.14. The smallest absolute Gasteiger partial charge is 0.141 e. The maximum atomic E-state index is 13.0. The van der Waals surface area contributed by atoms with Gasteiger partial charge in [-0.1, -0.05) is 11.6 Å². The molecular weight excluding hydrogens is 265 g/mol. The third-order valence-corrected chi connectivity index (χ3v) is 3.23. The molecule has 19 heavy (non-hydrogen) atoms. The number of hydrogen-bond acceptors (Lipinski definition) is 2. The van der Waals surface area contributed by atoms with E-state index in [1.807, 2.05) is 18.3 Å². The molecule has 0 unspecified atom stereocenters. The van der Waals surface area contributed by atoms with Crippen molar-refractivity contribution in [2.75, 3.05) is 5.32 Å². The first-order chi connectivity index (χ1) is 9.24. The number of hydrogen-bond donors (Lipinski definition) is 2. The molecule has 2 aromatic heterocycles. The average Bonchev–Trinajstić information content (AvgIpc) is 2.83. The van der Waals surface area contributed by atoms with Crippen LogP contribution in [-0.4, -0.2) is 9.97 Å². The van der Waals surface area contributed by atoms with Gasteiger partial charge >= 0.3 is 0 Å². The van der Waals surface area contributed by atoms with E-state index in [4.69, 9.17) is 11.6 Å². The number of aromatic nitrogens is 2. The lowest BCUT2D eigenvalue weighted by Crippen LogP contribution is -1.98. The Kier molecular flexibility index (Phi) is 3.09. The lowest BCUT2D eigenvalue weighted by atomic mass is 10.2. The van der Waals surface area contributed by atoms with E-state index in [2.05, 4.69) is 15.3 Å². The standard InChI is InChI=1S/C14H11ClFN3/c15-12-6-10(3-4-13(12)16)18-7-9-8-19-14-11(9)2-1-5-17-14/h1-6,8,18H,7H2,(H,17,19). The molecule has 5 heteroatoms. The molecule has 0 aliphatic rings. The minimum Gasteiger partial charge on any atom is -0.381 e. The summed E-state index contributed by atoms with van der Waals surface area (Å²) in [5.41, 5.74) is 2.74. The second kappa shape index (κ2) is 4.90. The van der Waals surface area contributed by atoms with Crippen molar-refractivity contribution in [2.24, 2.45) is 0 Å². The number of nitrogens with one attached hydrogen (secondary N) is 2. The summed E-state index contributed by atoms with van der Waals surface area (Å²) < 4.78 is 13.0. The number of halogens is 2. The minimum absolute atomic E-state index is 0.116. The highest BCUT2D eigenvalue weighted by atomic mass is 35.5. The largest absolute Gasteiger partial charge is 0.381 e. The van der Waals surface area contributed by atoms with Crippen LogP contribution in [0.4, 0.5) is 10.1 Å². The number of pyridine rings is 1. The monoisotopic (exact) mass is 275 g/mol. The van der Waals surface area contributed by atoms with Gasteiger partial charge in [-0.3, -0.25) is 0 Å². The predicted octanol–water partition coefficient (Wildman–Crippen LogP) is 3.97. The zero-order valence-electron chi connectivity index (χ0n) is 9.95. The molecule has 0 radical (unpaired) electrons. The first-order valence-electron chi connectivity index (χ1n) is 5.84. The molecule has 0 bridgehead atoms. The van der Waals surface area contributed by atoms with Gasteiger partial charge in [0.05, 0.1) is 5.02 Å². The maximum absolute atomic E-state index is 13.0. The summed E-state index contributed by atoms with van der Waals surface area (Å²) in [6.07, 6.45) is 3.66. The summed E-state index contributed by atoms with van der Waals surface area (Å²) in [6.45, 7) is 0.619. The molecule has 2 N–H and O–H groups in total. The molecule has 3 aromatic rings. The summed E-state index contributed by atoms with van der Waals surface area (Å²) in [5.74, 6) is -0.413. The first-order valence-corrected chi connectivity index (χ1v) is 6.22. The molecule has 0 atom stereocenters. The Labute approximate surface area is 114 Å². The molecule has 1 aromatic carbocycles. The number of rotatable bonds is 3. The van der Waals surface area contributed by atoms with Crippen LogP contribution in [0, 0.1) is 5.82 Å². The quantitative estimate of drug-likeness (QED) is 0.759. The second-order valence-corrected chi connectivity index (χ2v) is 4.60. The molecule has 0 fully saturated rings. The van der Waals surface area contributed by atoms with Gasteiger partial charge < -0.3 is 10.3 Å². The molecule has 0 amide bonds. The average molecular weight is 276 g/mol. The van der Waals surface area contributed by atoms with Gasteiger partial charge in [-0.15, -0.1) is 0 Å². The van der Waals surface area contributed by atoms with Gasteiger partial charge in [0, 0.05) is 30.0 Å². The van der Waals surface area contributed by atoms with Crippen molar-refractivity contribution in [3.8, 4) is 0 Å². The van der Waals surface area contributed by atoms with Crippen molar-refractivity contribution in [1.82, 2.24) is 9.97 Å². The van der Waals surface area contributed by atoms with Crippen LogP contribution >= 0.6 is 11.6 Å². The van der Waals surface area contributed by atoms with Crippen LogP contribution < -0.4 is 5.32 Å². The number of nitrogens with zero attached hydrogens (tertiary/aromatic N) is 1. The summed E-state index contributed by atoms with van der Waals surface area (Å²) in [7, 11) is 0. The number of fused-ring (bicyclic) bond motifs is 1. The summed E-state index contributed by atoms with van der Waals surface area (Å²) in [6, 6.07) is 8.49. The van der Waals surface area contributed by atoms with E-state index in [0.29, 0.717) is 6.54 Å². The van der Waals surface area contributed by atoms with Crippen molar-refractivity contribution in [2.45, 2.75) is 6.54 Å². The minimum atomic E-state index is -0.413. The van der Waals surface area contributed by atoms with Crippen LogP contribution in [0.5, 0.6) is 0 Å². The van der Waals surface area contributed by atoms with Crippen LogP contribution in [0.25, 0.3) is 11.0 Å². The van der Waals surface area contributed by atoms with Gasteiger partial charge in [0.15, 0.2) is 0 Å². The third-order valence-electron chi connectivity index (χ3n) is 2.94. The fourth-order valence-electron chi connectivity index (χ4n) is 1.96. The highest BCUT2D eigenvalue weighted by molar-refractivity contribution is 6.31. The lowest BCUT2D eigenvalue weighted by Gasteiger charge is -2.06. The lowest BCUT2D eigenvalue weighted by molar-refractivity contribution is 0.628. The molecule has 3 nitrogen and oxygen atoms in total. The van der Waals surface area contributed by atoms with Crippen molar-refractivity contribution in [3.05, 3.63) is 59.1 Å². The SMILES string of the molecule is Fc1ccc(NCc2c[nH]c3ncccc23)cc1Cl. The molecule has 96 valence electrons. The number of aromatic amines is 1. The number of benzene rings is 1. The summed E-state index contributed by atoms with van der Waals surface area (Å²) >= 11 is 5.74. The molecule has 0 saturated carbocycles. The highest BCUT2D eigenvalue weighted by Gasteiger charge is 2.04. The third kappa shape index (κ3) is 2.39. The van der Waals surface area contributed by atoms with Gasteiger partial charge in [0.25, 0.3) is 0 Å². The van der Waals surface area contributed by atoms with Gasteiger partial charge in [-0.05, 0) is 35.9 Å². The topological polar surface area (TPSA) is 40.7 Å². The molecule has 0 saturated heterocycles. The van der Waals surface area contributed by atoms with Gasteiger partial charge in [0.1, 0.15) is 11.5 Å². The van der Waals surface area contributed by atoms with E-state index >= 15 is 0 Å². The summed E-state index contributed by atoms with van der Waals surface area (Å²) in [5, 5.41) is 4.40. The molecular formula is C14H11ClFN3. The van der Waals surface area contributed by atoms with Crippen molar-refractivity contribution in [3.63, 3.8) is 0 Å². The molecule has 0 aliphatic carbocycles. The van der Waals surface area contributed by atoms with Crippen molar-refractivity contribution >= 4 is 28.3 Å². The van der Waals surface area contributed by atoms with E-state index in [0.717, 1.165) is 22.3 Å². The predicted molar refractivity (Wildman–Crippen MR) is 74.8 cm³/mol. The van der Waals surface area contributed by atoms with Crippen molar-refractivity contribution < 1.29 is 4.39 Å².